The molecule has 0 aliphatic heterocycles. The molecule has 0 fully saturated rings. The maximum atomic E-state index is 13.7. The summed E-state index contributed by atoms with van der Waals surface area (Å²) in [7, 11) is 0. The van der Waals surface area contributed by atoms with Crippen LogP contribution in [0.5, 0.6) is 0 Å². The van der Waals surface area contributed by atoms with Crippen LogP contribution < -0.4 is 0 Å². The molecule has 1 N–H and O–H groups in total. The minimum absolute atomic E-state index is 0.0568. The Kier molecular flexibility index (Phi) is 3.39. The fourth-order valence-electron chi connectivity index (χ4n) is 2.04. The molecule has 0 bridgehead atoms. The summed E-state index contributed by atoms with van der Waals surface area (Å²) in [5.41, 5.74) is 1.25. The van der Waals surface area contributed by atoms with Gasteiger partial charge in [-0.2, -0.15) is 0 Å². The molecule has 0 saturated carbocycles. The normalized spacial score (nSPS) is 10.8. The molecule has 0 unspecified atom stereocenters. The van der Waals surface area contributed by atoms with Crippen molar-refractivity contribution in [1.82, 2.24) is 9.97 Å². The van der Waals surface area contributed by atoms with E-state index in [1.165, 1.54) is 18.2 Å². The molecule has 4 nitrogen and oxygen atoms in total. The van der Waals surface area contributed by atoms with Crippen molar-refractivity contribution in [1.29, 1.82) is 0 Å². The molecule has 0 saturated heterocycles. The van der Waals surface area contributed by atoms with Crippen molar-refractivity contribution in [2.45, 2.75) is 0 Å². The second-order valence-electron chi connectivity index (χ2n) is 4.36. The topological polar surface area (TPSA) is 63.1 Å². The first kappa shape index (κ1) is 13.6. The van der Waals surface area contributed by atoms with Crippen molar-refractivity contribution < 1.29 is 14.3 Å². The first-order chi connectivity index (χ1) is 10.1. The van der Waals surface area contributed by atoms with Gasteiger partial charge in [-0.05, 0) is 40.2 Å². The number of aromatic carboxylic acids is 1. The number of benzene rings is 1. The number of carbonyl (C=O) groups is 1. The van der Waals surface area contributed by atoms with Crippen molar-refractivity contribution in [3.05, 3.63) is 58.4 Å². The number of carboxylic acid groups (broad SMARTS) is 1. The van der Waals surface area contributed by atoms with Crippen molar-refractivity contribution in [3.63, 3.8) is 0 Å². The zero-order chi connectivity index (χ0) is 15.0. The van der Waals surface area contributed by atoms with Gasteiger partial charge in [0, 0.05) is 17.6 Å². The summed E-state index contributed by atoms with van der Waals surface area (Å²) in [6, 6.07) is 9.31. The van der Waals surface area contributed by atoms with Gasteiger partial charge in [0.05, 0.1) is 26.9 Å². The van der Waals surface area contributed by atoms with E-state index in [4.69, 9.17) is 0 Å². The Labute approximate surface area is 127 Å². The lowest BCUT2D eigenvalue weighted by molar-refractivity contribution is 0.0699. The predicted octanol–water partition coefficient (Wildman–Crippen LogP) is 3.90. The Bertz CT molecular complexity index is 853. The van der Waals surface area contributed by atoms with Gasteiger partial charge < -0.3 is 5.11 Å². The van der Waals surface area contributed by atoms with Crippen LogP contribution in [0.4, 0.5) is 4.39 Å². The number of aromatic nitrogens is 2. The quantitative estimate of drug-likeness (QED) is 0.764. The van der Waals surface area contributed by atoms with Gasteiger partial charge in [-0.3, -0.25) is 4.98 Å². The standard InChI is InChI=1S/C15H8BrFN2O2/c16-10-5-8-9(15(20)21)6-14(12-3-1-2-4-18-12)19-13(8)7-11(10)17/h1-7H,(H,20,21). The number of pyridine rings is 2. The number of nitrogens with zero attached hydrogens (tertiary/aromatic N) is 2. The first-order valence-electron chi connectivity index (χ1n) is 6.01. The fourth-order valence-corrected chi connectivity index (χ4v) is 2.39. The Hall–Kier alpha value is -2.34. The second-order valence-corrected chi connectivity index (χ2v) is 5.21. The lowest BCUT2D eigenvalue weighted by Gasteiger charge is -2.07. The molecule has 1 aromatic carbocycles. The lowest BCUT2D eigenvalue weighted by atomic mass is 10.1. The van der Waals surface area contributed by atoms with E-state index in [0.29, 0.717) is 16.8 Å². The largest absolute Gasteiger partial charge is 0.478 e. The van der Waals surface area contributed by atoms with Crippen molar-refractivity contribution in [2.24, 2.45) is 0 Å². The summed E-state index contributed by atoms with van der Waals surface area (Å²) in [6.45, 7) is 0. The molecule has 0 amide bonds. The third-order valence-electron chi connectivity index (χ3n) is 3.01. The van der Waals surface area contributed by atoms with Crippen LogP contribution in [-0.2, 0) is 0 Å². The molecule has 0 spiro atoms. The molecule has 3 aromatic rings. The highest BCUT2D eigenvalue weighted by Crippen LogP contribution is 2.28. The van der Waals surface area contributed by atoms with E-state index >= 15 is 0 Å². The van der Waals surface area contributed by atoms with E-state index < -0.39 is 11.8 Å². The van der Waals surface area contributed by atoms with Gasteiger partial charge in [-0.25, -0.2) is 14.2 Å². The first-order valence-corrected chi connectivity index (χ1v) is 6.80. The molecule has 2 aromatic heterocycles. The molecule has 0 radical (unpaired) electrons. The average molecular weight is 347 g/mol. The maximum absolute atomic E-state index is 13.7. The molecule has 0 aliphatic carbocycles. The Morgan fingerprint density at radius 3 is 2.67 bits per heavy atom. The van der Waals surface area contributed by atoms with Crippen LogP contribution in [0.15, 0.2) is 47.1 Å². The molecule has 2 heterocycles. The second kappa shape index (κ2) is 5.21. The lowest BCUT2D eigenvalue weighted by Crippen LogP contribution is -2.01. The molecule has 6 heteroatoms. The average Bonchev–Trinajstić information content (AvgIpc) is 2.48. The van der Waals surface area contributed by atoms with Crippen molar-refractivity contribution in [2.75, 3.05) is 0 Å². The van der Waals surface area contributed by atoms with Gasteiger partial charge in [0.25, 0.3) is 0 Å². The molecule has 0 aliphatic rings. The molecule has 21 heavy (non-hydrogen) atoms. The van der Waals surface area contributed by atoms with Gasteiger partial charge in [-0.1, -0.05) is 6.07 Å². The third-order valence-corrected chi connectivity index (χ3v) is 3.62. The van der Waals surface area contributed by atoms with Crippen LogP contribution in [-0.4, -0.2) is 21.0 Å². The Morgan fingerprint density at radius 1 is 1.19 bits per heavy atom. The molecule has 3 rings (SSSR count). The minimum atomic E-state index is -1.10. The van der Waals surface area contributed by atoms with Crippen LogP contribution in [0.25, 0.3) is 22.3 Å². The zero-order valence-corrected chi connectivity index (χ0v) is 12.1. The van der Waals surface area contributed by atoms with Crippen LogP contribution in [0.2, 0.25) is 0 Å². The van der Waals surface area contributed by atoms with Crippen LogP contribution >= 0.6 is 15.9 Å². The highest BCUT2D eigenvalue weighted by Gasteiger charge is 2.15. The Morgan fingerprint density at radius 2 is 2.00 bits per heavy atom. The highest BCUT2D eigenvalue weighted by molar-refractivity contribution is 9.10. The van der Waals surface area contributed by atoms with Gasteiger partial charge in [0.15, 0.2) is 0 Å². The number of rotatable bonds is 2. The van der Waals surface area contributed by atoms with E-state index in [-0.39, 0.29) is 15.6 Å². The van der Waals surface area contributed by atoms with E-state index in [1.54, 1.807) is 24.4 Å². The zero-order valence-electron chi connectivity index (χ0n) is 10.5. The van der Waals surface area contributed by atoms with Gasteiger partial charge in [-0.15, -0.1) is 0 Å². The molecule has 104 valence electrons. The minimum Gasteiger partial charge on any atom is -0.478 e. The van der Waals surface area contributed by atoms with Crippen LogP contribution in [0.1, 0.15) is 10.4 Å². The number of hydrogen-bond donors (Lipinski definition) is 1. The number of hydrogen-bond acceptors (Lipinski definition) is 3. The molecular weight excluding hydrogens is 339 g/mol. The highest BCUT2D eigenvalue weighted by atomic mass is 79.9. The number of fused-ring (bicyclic) bond motifs is 1. The molecule has 0 atom stereocenters. The molecular formula is C15H8BrFN2O2. The Balaban J connectivity index is 2.35. The van der Waals surface area contributed by atoms with Crippen LogP contribution in [0.3, 0.4) is 0 Å². The summed E-state index contributed by atoms with van der Waals surface area (Å²) in [5.74, 6) is -1.59. The SMILES string of the molecule is O=C(O)c1cc(-c2ccccn2)nc2cc(F)c(Br)cc12. The summed E-state index contributed by atoms with van der Waals surface area (Å²) in [4.78, 5) is 19.9. The third kappa shape index (κ3) is 2.50. The van der Waals surface area contributed by atoms with Crippen molar-refractivity contribution >= 4 is 32.8 Å². The van der Waals surface area contributed by atoms with E-state index in [0.717, 1.165) is 0 Å². The van der Waals surface area contributed by atoms with E-state index in [1.807, 2.05) is 0 Å². The fraction of sp³-hybridized carbons (Fsp3) is 0. The summed E-state index contributed by atoms with van der Waals surface area (Å²) >= 11 is 3.05. The van der Waals surface area contributed by atoms with Gasteiger partial charge in [0.2, 0.25) is 0 Å². The van der Waals surface area contributed by atoms with Gasteiger partial charge in [0.1, 0.15) is 5.82 Å². The van der Waals surface area contributed by atoms with Crippen molar-refractivity contribution in [3.8, 4) is 11.4 Å². The smallest absolute Gasteiger partial charge is 0.336 e. The monoisotopic (exact) mass is 346 g/mol. The van der Waals surface area contributed by atoms with E-state index in [2.05, 4.69) is 25.9 Å². The number of halogens is 2. The summed E-state index contributed by atoms with van der Waals surface area (Å²) in [5, 5.41) is 9.73. The summed E-state index contributed by atoms with van der Waals surface area (Å²) in [6.07, 6.45) is 1.59. The van der Waals surface area contributed by atoms with E-state index in [9.17, 15) is 14.3 Å². The maximum Gasteiger partial charge on any atom is 0.336 e. The predicted molar refractivity (Wildman–Crippen MR) is 79.6 cm³/mol. The van der Waals surface area contributed by atoms with Gasteiger partial charge >= 0.3 is 5.97 Å². The van der Waals surface area contributed by atoms with Crippen LogP contribution in [0, 0.1) is 5.82 Å². The summed E-state index contributed by atoms with van der Waals surface area (Å²) < 4.78 is 13.9. The number of carboxylic acids is 1.